The van der Waals surface area contributed by atoms with Crippen molar-refractivity contribution < 1.29 is 18.3 Å². The van der Waals surface area contributed by atoms with Crippen LogP contribution in [0.2, 0.25) is 0 Å². The summed E-state index contributed by atoms with van der Waals surface area (Å²) in [6.07, 6.45) is 0. The van der Waals surface area contributed by atoms with Crippen LogP contribution in [-0.4, -0.2) is 30.3 Å². The van der Waals surface area contributed by atoms with E-state index in [1.54, 1.807) is 42.5 Å². The molecule has 0 amide bonds. The molecule has 0 unspecified atom stereocenters. The summed E-state index contributed by atoms with van der Waals surface area (Å²) in [6.45, 7) is 0. The smallest absolute Gasteiger partial charge is 0.325 e. The van der Waals surface area contributed by atoms with Crippen molar-refractivity contribution >= 4 is 31.7 Å². The fourth-order valence-corrected chi connectivity index (χ4v) is 5.46. The summed E-state index contributed by atoms with van der Waals surface area (Å²) >= 11 is 3.30. The minimum absolute atomic E-state index is 0.0840. The number of carboxylic acids is 1. The Balaban J connectivity index is 2.07. The van der Waals surface area contributed by atoms with E-state index >= 15 is 0 Å². The van der Waals surface area contributed by atoms with Crippen LogP contribution in [-0.2, 0) is 14.6 Å². The van der Waals surface area contributed by atoms with Gasteiger partial charge in [0.05, 0.1) is 4.90 Å². The van der Waals surface area contributed by atoms with E-state index in [1.807, 2.05) is 0 Å². The van der Waals surface area contributed by atoms with Crippen molar-refractivity contribution in [2.75, 3.05) is 0 Å². The maximum absolute atomic E-state index is 12.8. The van der Waals surface area contributed by atoms with E-state index in [9.17, 15) is 18.3 Å². The quantitative estimate of drug-likeness (QED) is 0.826. The van der Waals surface area contributed by atoms with Crippen LogP contribution in [0, 0.1) is 0 Å². The van der Waals surface area contributed by atoms with Crippen LogP contribution in [0.5, 0.6) is 0 Å². The van der Waals surface area contributed by atoms with Crippen molar-refractivity contribution in [2.45, 2.75) is 21.6 Å². The Morgan fingerprint density at radius 2 is 1.65 bits per heavy atom. The molecule has 7 heteroatoms. The van der Waals surface area contributed by atoms with Gasteiger partial charge in [0.2, 0.25) is 0 Å². The predicted molar refractivity (Wildman–Crippen MR) is 88.9 cm³/mol. The third-order valence-electron chi connectivity index (χ3n) is 4.18. The van der Waals surface area contributed by atoms with Crippen molar-refractivity contribution in [3.63, 3.8) is 0 Å². The van der Waals surface area contributed by atoms with Gasteiger partial charge in [0.1, 0.15) is 10.8 Å². The van der Waals surface area contributed by atoms with Gasteiger partial charge in [-0.2, -0.15) is 0 Å². The van der Waals surface area contributed by atoms with E-state index in [1.165, 1.54) is 12.1 Å². The van der Waals surface area contributed by atoms with Crippen LogP contribution in [0.1, 0.15) is 11.5 Å². The summed E-state index contributed by atoms with van der Waals surface area (Å²) in [5.41, 5.74) is 4.76. The SMILES string of the molecule is N[C@]1(C(=O)O)[C@H](c2ccc(Br)cc2)[C@@H]1S(=O)(=O)c1ccccc1. The maximum atomic E-state index is 12.8. The van der Waals surface area contributed by atoms with E-state index in [4.69, 9.17) is 5.73 Å². The molecule has 3 rings (SSSR count). The minimum Gasteiger partial charge on any atom is -0.480 e. The maximum Gasteiger partial charge on any atom is 0.325 e. The van der Waals surface area contributed by atoms with Gasteiger partial charge in [-0.05, 0) is 29.8 Å². The average molecular weight is 396 g/mol. The van der Waals surface area contributed by atoms with Gasteiger partial charge in [0.15, 0.2) is 9.84 Å². The molecule has 5 nitrogen and oxygen atoms in total. The molecular formula is C16H14BrNO4S. The van der Waals surface area contributed by atoms with Crippen LogP contribution >= 0.6 is 15.9 Å². The lowest BCUT2D eigenvalue weighted by atomic mass is 10.1. The number of nitrogens with two attached hydrogens (primary N) is 1. The summed E-state index contributed by atoms with van der Waals surface area (Å²) in [7, 11) is -3.84. The number of benzene rings is 2. The van der Waals surface area contributed by atoms with Gasteiger partial charge in [-0.15, -0.1) is 0 Å². The number of carbonyl (C=O) groups is 1. The molecule has 3 N–H and O–H groups in total. The third kappa shape index (κ3) is 2.49. The molecule has 0 spiro atoms. The molecule has 1 saturated carbocycles. The molecule has 0 heterocycles. The Morgan fingerprint density at radius 1 is 1.09 bits per heavy atom. The molecule has 1 fully saturated rings. The van der Waals surface area contributed by atoms with E-state index in [0.717, 1.165) is 4.47 Å². The van der Waals surface area contributed by atoms with Gasteiger partial charge in [0.25, 0.3) is 0 Å². The first-order valence-corrected chi connectivity index (χ1v) is 9.20. The number of sulfone groups is 1. The lowest BCUT2D eigenvalue weighted by molar-refractivity contribution is -0.139. The molecule has 2 aromatic rings. The monoisotopic (exact) mass is 395 g/mol. The lowest BCUT2D eigenvalue weighted by Crippen LogP contribution is -2.39. The highest BCUT2D eigenvalue weighted by Gasteiger charge is 2.74. The second kappa shape index (κ2) is 5.43. The normalized spacial score (nSPS) is 26.7. The molecule has 0 aliphatic heterocycles. The van der Waals surface area contributed by atoms with E-state index in [-0.39, 0.29) is 4.90 Å². The second-order valence-electron chi connectivity index (χ2n) is 5.55. The largest absolute Gasteiger partial charge is 0.480 e. The Morgan fingerprint density at radius 3 is 2.17 bits per heavy atom. The molecular weight excluding hydrogens is 382 g/mol. The van der Waals surface area contributed by atoms with Crippen molar-refractivity contribution in [2.24, 2.45) is 5.73 Å². The van der Waals surface area contributed by atoms with Gasteiger partial charge in [-0.3, -0.25) is 4.79 Å². The molecule has 23 heavy (non-hydrogen) atoms. The fourth-order valence-electron chi connectivity index (χ4n) is 2.94. The highest BCUT2D eigenvalue weighted by Crippen LogP contribution is 2.55. The number of aliphatic carboxylic acids is 1. The first kappa shape index (κ1) is 16.2. The Bertz CT molecular complexity index is 851. The first-order chi connectivity index (χ1) is 10.8. The van der Waals surface area contributed by atoms with Crippen LogP contribution < -0.4 is 5.73 Å². The third-order valence-corrected chi connectivity index (χ3v) is 6.97. The van der Waals surface area contributed by atoms with Crippen molar-refractivity contribution in [3.8, 4) is 0 Å². The zero-order valence-corrected chi connectivity index (χ0v) is 14.3. The van der Waals surface area contributed by atoms with Gasteiger partial charge < -0.3 is 10.8 Å². The van der Waals surface area contributed by atoms with Crippen molar-refractivity contribution in [1.29, 1.82) is 0 Å². The Hall–Kier alpha value is -1.70. The Labute approximate surface area is 142 Å². The summed E-state index contributed by atoms with van der Waals surface area (Å²) < 4.78 is 26.4. The highest BCUT2D eigenvalue weighted by molar-refractivity contribution is 9.10. The van der Waals surface area contributed by atoms with Crippen LogP contribution in [0.3, 0.4) is 0 Å². The number of hydrogen-bond acceptors (Lipinski definition) is 4. The topological polar surface area (TPSA) is 97.5 Å². The lowest BCUT2D eigenvalue weighted by Gasteiger charge is -2.06. The van der Waals surface area contributed by atoms with E-state index < -0.39 is 32.5 Å². The standard InChI is InChI=1S/C16H14BrNO4S/c17-11-8-6-10(7-9-11)13-14(16(13,18)15(19)20)23(21,22)12-4-2-1-3-5-12/h1-9,13-14H,18H2,(H,19,20)/t13-,14+,16-/m1/s1. The minimum atomic E-state index is -3.84. The zero-order chi connectivity index (χ0) is 16.8. The van der Waals surface area contributed by atoms with Gasteiger partial charge >= 0.3 is 5.97 Å². The van der Waals surface area contributed by atoms with Crippen molar-refractivity contribution in [1.82, 2.24) is 0 Å². The highest BCUT2D eigenvalue weighted by atomic mass is 79.9. The fraction of sp³-hybridized carbons (Fsp3) is 0.188. The molecule has 2 aromatic carbocycles. The van der Waals surface area contributed by atoms with Gasteiger partial charge in [0, 0.05) is 10.4 Å². The van der Waals surface area contributed by atoms with Crippen LogP contribution in [0.25, 0.3) is 0 Å². The summed E-state index contributed by atoms with van der Waals surface area (Å²) in [5.74, 6) is -2.09. The number of halogens is 1. The molecule has 0 aromatic heterocycles. The van der Waals surface area contributed by atoms with Gasteiger partial charge in [-0.1, -0.05) is 46.3 Å². The number of hydrogen-bond donors (Lipinski definition) is 2. The summed E-state index contributed by atoms with van der Waals surface area (Å²) in [6, 6.07) is 14.7. The molecule has 0 radical (unpaired) electrons. The molecule has 1 aliphatic carbocycles. The van der Waals surface area contributed by atoms with Crippen LogP contribution in [0.15, 0.2) is 64.0 Å². The average Bonchev–Trinajstić information content (AvgIpc) is 3.18. The van der Waals surface area contributed by atoms with Gasteiger partial charge in [-0.25, -0.2) is 8.42 Å². The molecule has 3 atom stereocenters. The predicted octanol–water partition coefficient (Wildman–Crippen LogP) is 2.17. The number of rotatable bonds is 4. The molecule has 120 valence electrons. The van der Waals surface area contributed by atoms with Crippen LogP contribution in [0.4, 0.5) is 0 Å². The number of carboxylic acid groups (broad SMARTS) is 1. The molecule has 1 aliphatic rings. The second-order valence-corrected chi connectivity index (χ2v) is 8.53. The molecule has 0 saturated heterocycles. The summed E-state index contributed by atoms with van der Waals surface area (Å²) in [4.78, 5) is 11.7. The zero-order valence-electron chi connectivity index (χ0n) is 11.9. The van der Waals surface area contributed by atoms with E-state index in [2.05, 4.69) is 15.9 Å². The first-order valence-electron chi connectivity index (χ1n) is 6.86. The molecule has 0 bridgehead atoms. The van der Waals surface area contributed by atoms with Crippen molar-refractivity contribution in [3.05, 3.63) is 64.6 Å². The Kier molecular flexibility index (Phi) is 3.82. The summed E-state index contributed by atoms with van der Waals surface area (Å²) in [5, 5.41) is 8.30. The van der Waals surface area contributed by atoms with E-state index in [0.29, 0.717) is 5.56 Å².